The Kier molecular flexibility index (Phi) is 5.59. The Morgan fingerprint density at radius 1 is 1.23 bits per heavy atom. The van der Waals surface area contributed by atoms with Crippen molar-refractivity contribution in [1.29, 1.82) is 0 Å². The van der Waals surface area contributed by atoms with E-state index in [2.05, 4.69) is 15.3 Å². The van der Waals surface area contributed by atoms with Crippen LogP contribution in [0.4, 0.5) is 18.3 Å². The number of halogens is 3. The number of thiazole rings is 1. The van der Waals surface area contributed by atoms with Gasteiger partial charge in [-0.25, -0.2) is 9.78 Å². The largest absolute Gasteiger partial charge is 0.417 e. The first-order chi connectivity index (χ1) is 14.7. The highest BCUT2D eigenvalue weighted by Crippen LogP contribution is 2.31. The number of H-pyrrole nitrogens is 1. The average molecular weight is 448 g/mol. The summed E-state index contributed by atoms with van der Waals surface area (Å²) in [6.45, 7) is 1.90. The molecule has 0 saturated carbocycles. The molecule has 2 aromatic carbocycles. The molecule has 0 unspecified atom stereocenters. The normalized spacial score (nSPS) is 14.0. The van der Waals surface area contributed by atoms with E-state index in [0.717, 1.165) is 28.1 Å². The number of nitrogens with two attached hydrogens (primary N) is 1. The molecule has 2 aromatic heterocycles. The van der Waals surface area contributed by atoms with Crippen LogP contribution in [0.15, 0.2) is 57.9 Å². The second-order valence-corrected chi connectivity index (χ2v) is 8.28. The van der Waals surface area contributed by atoms with Gasteiger partial charge < -0.3 is 15.5 Å². The van der Waals surface area contributed by atoms with E-state index in [9.17, 15) is 18.0 Å². The maximum Gasteiger partial charge on any atom is 0.417 e. The molecule has 10 heteroatoms. The lowest BCUT2D eigenvalue weighted by Gasteiger charge is -2.21. The van der Waals surface area contributed by atoms with Crippen molar-refractivity contribution in [2.45, 2.75) is 31.6 Å². The maximum atomic E-state index is 12.7. The van der Waals surface area contributed by atoms with E-state index in [1.165, 1.54) is 23.5 Å². The number of rotatable bonds is 6. The molecule has 0 fully saturated rings. The fourth-order valence-electron chi connectivity index (χ4n) is 3.15. The van der Waals surface area contributed by atoms with E-state index >= 15 is 0 Å². The number of hydrogen-bond donors (Lipinski definition) is 3. The number of nitrogens with zero attached hydrogens (tertiary/aromatic N) is 1. The fourth-order valence-corrected chi connectivity index (χ4v) is 4.06. The summed E-state index contributed by atoms with van der Waals surface area (Å²) in [4.78, 5) is 19.2. The second-order valence-electron chi connectivity index (χ2n) is 7.25. The van der Waals surface area contributed by atoms with Crippen LogP contribution >= 0.6 is 11.3 Å². The summed E-state index contributed by atoms with van der Waals surface area (Å²) in [5, 5.41) is 3.92. The lowest BCUT2D eigenvalue weighted by Crippen LogP contribution is -2.39. The molecule has 0 saturated heterocycles. The lowest BCUT2D eigenvalue weighted by atomic mass is 10.0. The number of aromatic amines is 1. The molecule has 0 bridgehead atoms. The molecule has 4 N–H and O–H groups in total. The predicted octanol–water partition coefficient (Wildman–Crippen LogP) is 4.63. The van der Waals surface area contributed by atoms with Gasteiger partial charge in [0.2, 0.25) is 0 Å². The molecule has 0 radical (unpaired) electrons. The number of hydrogen-bond acceptors (Lipinski definition) is 6. The molecule has 162 valence electrons. The van der Waals surface area contributed by atoms with Crippen LogP contribution in [-0.4, -0.2) is 22.1 Å². The van der Waals surface area contributed by atoms with Crippen molar-refractivity contribution in [1.82, 2.24) is 9.97 Å². The Morgan fingerprint density at radius 2 is 1.97 bits per heavy atom. The highest BCUT2D eigenvalue weighted by Gasteiger charge is 2.30. The van der Waals surface area contributed by atoms with Crippen LogP contribution in [0.25, 0.3) is 21.5 Å². The fraction of sp³-hybridized carbons (Fsp3) is 0.238. The Morgan fingerprint density at radius 3 is 2.68 bits per heavy atom. The van der Waals surface area contributed by atoms with Gasteiger partial charge in [0.25, 0.3) is 0 Å². The summed E-state index contributed by atoms with van der Waals surface area (Å²) in [5.41, 5.74) is 8.26. The number of fused-ring (bicyclic) bond motifs is 1. The summed E-state index contributed by atoms with van der Waals surface area (Å²) in [5.74, 6) is -0.505. The number of oxazole rings is 1. The van der Waals surface area contributed by atoms with Crippen LogP contribution in [0.2, 0.25) is 0 Å². The van der Waals surface area contributed by atoms with Gasteiger partial charge in [0, 0.05) is 18.3 Å². The Hall–Kier alpha value is -3.11. The number of anilines is 1. The summed E-state index contributed by atoms with van der Waals surface area (Å²) in [6.07, 6.45) is -2.21. The van der Waals surface area contributed by atoms with Crippen molar-refractivity contribution in [2.24, 2.45) is 5.73 Å². The summed E-state index contributed by atoms with van der Waals surface area (Å²) in [6, 6.07) is 9.95. The monoisotopic (exact) mass is 448 g/mol. The minimum Gasteiger partial charge on any atom is -0.408 e. The number of benzene rings is 2. The molecule has 0 aliphatic carbocycles. The molecule has 4 aromatic rings. The van der Waals surface area contributed by atoms with Crippen molar-refractivity contribution < 1.29 is 17.6 Å². The Balaban J connectivity index is 1.40. The van der Waals surface area contributed by atoms with Crippen LogP contribution in [0.3, 0.4) is 0 Å². The molecular weight excluding hydrogens is 429 g/mol. The summed E-state index contributed by atoms with van der Waals surface area (Å²) >= 11 is 1.43. The van der Waals surface area contributed by atoms with Gasteiger partial charge in [-0.1, -0.05) is 29.5 Å². The number of aromatic nitrogens is 2. The molecule has 0 spiro atoms. The van der Waals surface area contributed by atoms with Crippen molar-refractivity contribution >= 4 is 27.6 Å². The van der Waals surface area contributed by atoms with Gasteiger partial charge in [-0.2, -0.15) is 13.2 Å². The molecule has 4 rings (SSSR count). The van der Waals surface area contributed by atoms with Crippen molar-refractivity contribution in [3.8, 4) is 10.4 Å². The van der Waals surface area contributed by atoms with Gasteiger partial charge in [0.15, 0.2) is 10.7 Å². The van der Waals surface area contributed by atoms with E-state index in [4.69, 9.17) is 10.2 Å². The van der Waals surface area contributed by atoms with Gasteiger partial charge in [-0.15, -0.1) is 0 Å². The first kappa shape index (κ1) is 21.1. The van der Waals surface area contributed by atoms with Crippen LogP contribution < -0.4 is 16.8 Å². The van der Waals surface area contributed by atoms with Crippen molar-refractivity contribution in [2.75, 3.05) is 5.32 Å². The molecular formula is C21H19F3N4O2S. The van der Waals surface area contributed by atoms with Crippen molar-refractivity contribution in [3.63, 3.8) is 0 Å². The minimum atomic E-state index is -4.35. The molecule has 2 heterocycles. The highest BCUT2D eigenvalue weighted by molar-refractivity contribution is 7.18. The van der Waals surface area contributed by atoms with Crippen LogP contribution in [0, 0.1) is 0 Å². The van der Waals surface area contributed by atoms with Gasteiger partial charge in [-0.3, -0.25) is 4.98 Å². The smallest absolute Gasteiger partial charge is 0.408 e. The lowest BCUT2D eigenvalue weighted by molar-refractivity contribution is -0.137. The van der Waals surface area contributed by atoms with E-state index in [-0.39, 0.29) is 12.1 Å². The standard InChI is InChI=1S/C21H19F3N4O2S/c1-11(15(25)8-12-2-5-14(6-3-12)21(22,23)24)27-19-26-10-18(31-19)13-4-7-16-17(9-13)30-20(29)28-16/h2-7,9-11,15H,8,25H2,1H3,(H,26,27)(H,28,29)/t11-,15+/m1/s1. The average Bonchev–Trinajstić information content (AvgIpc) is 3.32. The zero-order chi connectivity index (χ0) is 22.2. The predicted molar refractivity (Wildman–Crippen MR) is 114 cm³/mol. The quantitative estimate of drug-likeness (QED) is 0.400. The Labute approximate surface area is 178 Å². The summed E-state index contributed by atoms with van der Waals surface area (Å²) in [7, 11) is 0. The number of nitrogens with one attached hydrogen (secondary N) is 2. The third-order valence-electron chi connectivity index (χ3n) is 4.96. The molecule has 0 amide bonds. The molecule has 0 aliphatic heterocycles. The third kappa shape index (κ3) is 4.80. The second kappa shape index (κ2) is 8.20. The van der Waals surface area contributed by atoms with Crippen LogP contribution in [0.1, 0.15) is 18.1 Å². The summed E-state index contributed by atoms with van der Waals surface area (Å²) < 4.78 is 43.2. The maximum absolute atomic E-state index is 12.7. The zero-order valence-corrected chi connectivity index (χ0v) is 17.2. The zero-order valence-electron chi connectivity index (χ0n) is 16.4. The molecule has 0 aliphatic rings. The van der Waals surface area contributed by atoms with Gasteiger partial charge in [-0.05, 0) is 48.7 Å². The van der Waals surface area contributed by atoms with E-state index in [0.29, 0.717) is 22.7 Å². The number of alkyl halides is 3. The van der Waals surface area contributed by atoms with E-state index in [1.54, 1.807) is 18.3 Å². The SMILES string of the molecule is C[C@@H](Nc1ncc(-c2ccc3[nH]c(=O)oc3c2)s1)[C@@H](N)Cc1ccc(C(F)(F)F)cc1. The van der Waals surface area contributed by atoms with Crippen LogP contribution in [0.5, 0.6) is 0 Å². The third-order valence-corrected chi connectivity index (χ3v) is 5.93. The first-order valence-corrected chi connectivity index (χ1v) is 10.3. The highest BCUT2D eigenvalue weighted by atomic mass is 32.1. The molecule has 6 nitrogen and oxygen atoms in total. The topological polar surface area (TPSA) is 96.9 Å². The van der Waals surface area contributed by atoms with Gasteiger partial charge >= 0.3 is 11.9 Å². The first-order valence-electron chi connectivity index (χ1n) is 9.46. The van der Waals surface area contributed by atoms with E-state index in [1.807, 2.05) is 13.0 Å². The van der Waals surface area contributed by atoms with Crippen LogP contribution in [-0.2, 0) is 12.6 Å². The van der Waals surface area contributed by atoms with Gasteiger partial charge in [0.1, 0.15) is 0 Å². The molecule has 2 atom stereocenters. The minimum absolute atomic E-state index is 0.161. The van der Waals surface area contributed by atoms with Crippen molar-refractivity contribution in [3.05, 3.63) is 70.3 Å². The molecule has 31 heavy (non-hydrogen) atoms. The Bertz CT molecular complexity index is 1240. The van der Waals surface area contributed by atoms with E-state index < -0.39 is 17.5 Å². The van der Waals surface area contributed by atoms with Gasteiger partial charge in [0.05, 0.1) is 16.0 Å².